The van der Waals surface area contributed by atoms with Crippen LogP contribution < -0.4 is 0 Å². The normalized spacial score (nSPS) is 12.5. The number of rotatable bonds is 0. The highest BCUT2D eigenvalue weighted by Gasteiger charge is 2.38. The third-order valence-corrected chi connectivity index (χ3v) is 0.347. The number of halogens is 3. The van der Waals surface area contributed by atoms with Crippen LogP contribution in [-0.2, 0) is 4.57 Å². The van der Waals surface area contributed by atoms with Crippen molar-refractivity contribution in [2.45, 2.75) is 5.92 Å². The molecule has 0 rings (SSSR count). The van der Waals surface area contributed by atoms with Gasteiger partial charge >= 0.3 is 14.4 Å². The zero-order valence-corrected chi connectivity index (χ0v) is 3.54. The highest BCUT2D eigenvalue weighted by atomic mass is 31.1. The second kappa shape index (κ2) is 1.56. The molecule has 0 aliphatic heterocycles. The van der Waals surface area contributed by atoms with Crippen molar-refractivity contribution < 1.29 is 17.7 Å². The number of hydrogen-bond donors (Lipinski definition) is 0. The van der Waals surface area contributed by atoms with Gasteiger partial charge in [-0.1, -0.05) is 4.57 Å². The predicted molar refractivity (Wildman–Crippen MR) is 15.1 cm³/mol. The van der Waals surface area contributed by atoms with Crippen LogP contribution in [0.4, 0.5) is 13.2 Å². The summed E-state index contributed by atoms with van der Waals surface area (Å²) in [6.07, 6.45) is 0. The molecule has 0 spiro atoms. The number of hydrogen-bond acceptors (Lipinski definition) is 1. The fraction of sp³-hybridized carbons (Fsp3) is 1.00. The van der Waals surface area contributed by atoms with Gasteiger partial charge < -0.3 is 0 Å². The summed E-state index contributed by atoms with van der Waals surface area (Å²) in [5, 5.41) is 0. The van der Waals surface area contributed by atoms with Gasteiger partial charge in [-0.15, -0.1) is 13.2 Å². The minimum absolute atomic E-state index is 2.18. The van der Waals surface area contributed by atoms with Gasteiger partial charge in [-0.2, -0.15) is 0 Å². The summed E-state index contributed by atoms with van der Waals surface area (Å²) < 4.78 is 40.3. The molecule has 0 heterocycles. The molecule has 0 aliphatic rings. The van der Waals surface area contributed by atoms with Crippen LogP contribution in [0.15, 0.2) is 0 Å². The van der Waals surface area contributed by atoms with E-state index >= 15 is 0 Å². The van der Waals surface area contributed by atoms with Crippen molar-refractivity contribution in [2.75, 3.05) is 0 Å². The van der Waals surface area contributed by atoms with E-state index in [0.717, 1.165) is 0 Å². The highest BCUT2D eigenvalue weighted by Crippen LogP contribution is 2.26. The van der Waals surface area contributed by atoms with E-state index in [1.165, 1.54) is 0 Å². The fourth-order valence-electron chi connectivity index (χ4n) is 0. The first-order valence-corrected chi connectivity index (χ1v) is 1.93. The molecule has 1 nitrogen and oxygen atoms in total. The molecule has 0 N–H and O–H groups in total. The van der Waals surface area contributed by atoms with Crippen LogP contribution >= 0.6 is 8.46 Å². The maximum atomic E-state index is 10.5. The first-order valence-electron chi connectivity index (χ1n) is 1.02. The van der Waals surface area contributed by atoms with Crippen molar-refractivity contribution in [2.24, 2.45) is 0 Å². The van der Waals surface area contributed by atoms with Gasteiger partial charge in [0.05, 0.1) is 0 Å². The second-order valence-electron chi connectivity index (χ2n) is 0.600. The lowest BCUT2D eigenvalue weighted by molar-refractivity contribution is -0.0390. The summed E-state index contributed by atoms with van der Waals surface area (Å²) in [4.78, 5) is 0. The SMILES string of the molecule is O=[PH+]C(F)(F)F. The summed E-state index contributed by atoms with van der Waals surface area (Å²) in [5.74, 6) is -4.49. The Morgan fingerprint density at radius 3 is 1.50 bits per heavy atom. The van der Waals surface area contributed by atoms with Crippen LogP contribution in [0.2, 0.25) is 0 Å². The Balaban J connectivity index is 3.45. The molecule has 0 saturated carbocycles. The smallest absolute Gasteiger partial charge is 0.125 e. The Bertz CT molecular complexity index is 56.3. The molecule has 1 unspecified atom stereocenters. The van der Waals surface area contributed by atoms with E-state index in [9.17, 15) is 13.2 Å². The molecule has 0 aliphatic carbocycles. The molecule has 0 aromatic heterocycles. The quantitative estimate of drug-likeness (QED) is 0.439. The summed E-state index contributed by atoms with van der Waals surface area (Å²) in [7, 11) is -2.18. The fourth-order valence-corrected chi connectivity index (χ4v) is 0. The van der Waals surface area contributed by atoms with Gasteiger partial charge in [0, 0.05) is 0 Å². The van der Waals surface area contributed by atoms with Crippen LogP contribution in [0.25, 0.3) is 0 Å². The summed E-state index contributed by atoms with van der Waals surface area (Å²) in [5.41, 5.74) is 0. The molecule has 0 fully saturated rings. The van der Waals surface area contributed by atoms with Gasteiger partial charge in [-0.25, -0.2) is 0 Å². The molecular formula is CHF3OP+. The zero-order chi connectivity index (χ0) is 5.21. The van der Waals surface area contributed by atoms with Crippen molar-refractivity contribution >= 4 is 8.46 Å². The van der Waals surface area contributed by atoms with Crippen molar-refractivity contribution in [1.29, 1.82) is 0 Å². The van der Waals surface area contributed by atoms with E-state index in [0.29, 0.717) is 0 Å². The molecule has 0 aromatic carbocycles. The van der Waals surface area contributed by atoms with Crippen LogP contribution in [0.1, 0.15) is 0 Å². The van der Waals surface area contributed by atoms with Gasteiger partial charge in [0.2, 0.25) is 0 Å². The van der Waals surface area contributed by atoms with Crippen LogP contribution in [0, 0.1) is 0 Å². The van der Waals surface area contributed by atoms with Gasteiger partial charge in [0.25, 0.3) is 0 Å². The van der Waals surface area contributed by atoms with Gasteiger partial charge in [-0.05, 0) is 0 Å². The molecule has 0 amide bonds. The van der Waals surface area contributed by atoms with Crippen LogP contribution in [0.5, 0.6) is 0 Å². The molecule has 1 atom stereocenters. The Morgan fingerprint density at radius 2 is 1.50 bits per heavy atom. The van der Waals surface area contributed by atoms with Crippen LogP contribution in [-0.4, -0.2) is 5.92 Å². The molecule has 0 bridgehead atoms. The third kappa shape index (κ3) is 3.89. The molecule has 0 aromatic rings. The monoisotopic (exact) mass is 117 g/mol. The van der Waals surface area contributed by atoms with E-state index in [2.05, 4.69) is 0 Å². The van der Waals surface area contributed by atoms with Crippen molar-refractivity contribution in [3.05, 3.63) is 0 Å². The zero-order valence-electron chi connectivity index (χ0n) is 2.54. The van der Waals surface area contributed by atoms with Crippen LogP contribution in [0.3, 0.4) is 0 Å². The number of alkyl halides is 3. The average molecular weight is 117 g/mol. The Kier molecular flexibility index (Phi) is 1.53. The van der Waals surface area contributed by atoms with E-state index in [-0.39, 0.29) is 0 Å². The highest BCUT2D eigenvalue weighted by molar-refractivity contribution is 7.25. The molecule has 6 heavy (non-hydrogen) atoms. The predicted octanol–water partition coefficient (Wildman–Crippen LogP) is 1.53. The third-order valence-electron chi connectivity index (χ3n) is 0.116. The molecule has 0 radical (unpaired) electrons. The van der Waals surface area contributed by atoms with Crippen molar-refractivity contribution in [1.82, 2.24) is 0 Å². The average Bonchev–Trinajstić information content (AvgIpc) is 1.35. The van der Waals surface area contributed by atoms with Crippen molar-refractivity contribution in [3.63, 3.8) is 0 Å². The van der Waals surface area contributed by atoms with E-state index in [4.69, 9.17) is 4.57 Å². The standard InChI is InChI=1S/CF3OP/c2-1(3,4)6-5/p+1. The summed E-state index contributed by atoms with van der Waals surface area (Å²) in [6, 6.07) is 0. The second-order valence-corrected chi connectivity index (χ2v) is 1.37. The lowest BCUT2D eigenvalue weighted by Gasteiger charge is -1.76. The lowest BCUT2D eigenvalue weighted by Crippen LogP contribution is -1.90. The molecule has 0 saturated heterocycles. The van der Waals surface area contributed by atoms with E-state index in [1.54, 1.807) is 0 Å². The minimum atomic E-state index is -4.49. The maximum absolute atomic E-state index is 10.5. The summed E-state index contributed by atoms with van der Waals surface area (Å²) >= 11 is 0. The Morgan fingerprint density at radius 1 is 1.33 bits per heavy atom. The van der Waals surface area contributed by atoms with Gasteiger partial charge in [0.1, 0.15) is 0 Å². The van der Waals surface area contributed by atoms with Gasteiger partial charge in [-0.3, -0.25) is 0 Å². The molecular weight excluding hydrogens is 116 g/mol. The molecule has 36 valence electrons. The van der Waals surface area contributed by atoms with E-state index in [1.807, 2.05) is 0 Å². The lowest BCUT2D eigenvalue weighted by atomic mass is 11.6. The first-order chi connectivity index (χ1) is 2.56. The van der Waals surface area contributed by atoms with Crippen molar-refractivity contribution in [3.8, 4) is 0 Å². The van der Waals surface area contributed by atoms with E-state index < -0.39 is 14.4 Å². The topological polar surface area (TPSA) is 17.1 Å². The van der Waals surface area contributed by atoms with Gasteiger partial charge in [0.15, 0.2) is 0 Å². The first kappa shape index (κ1) is 5.89. The summed E-state index contributed by atoms with van der Waals surface area (Å²) in [6.45, 7) is 0. The molecule has 5 heteroatoms. The Hall–Kier alpha value is -0.110. The largest absolute Gasteiger partial charge is 0.603 e. The maximum Gasteiger partial charge on any atom is 0.603 e. The Labute approximate surface area is 33.4 Å². The minimum Gasteiger partial charge on any atom is -0.125 e.